The standard InChI is InChI=1S/C21H28N4O2S/c1-4-22-21(27)23-17-9-10-18(24(2)3)16(12-17)14-25(13-15-7-8-15)20(26)19-6-5-11-28-19/h5-6,9-12,15H,4,7-8,13-14H2,1-3H3,(H2,22,23,27). The number of anilines is 2. The van der Waals surface area contributed by atoms with Crippen LogP contribution in [0.25, 0.3) is 0 Å². The molecule has 0 saturated heterocycles. The molecular formula is C21H28N4O2S. The molecule has 1 heterocycles. The van der Waals surface area contributed by atoms with Gasteiger partial charge >= 0.3 is 6.03 Å². The molecule has 1 fully saturated rings. The molecule has 0 bridgehead atoms. The Morgan fingerprint density at radius 3 is 2.61 bits per heavy atom. The zero-order chi connectivity index (χ0) is 20.1. The van der Waals surface area contributed by atoms with Gasteiger partial charge in [-0.2, -0.15) is 0 Å². The van der Waals surface area contributed by atoms with Crippen molar-refractivity contribution in [3.8, 4) is 0 Å². The lowest BCUT2D eigenvalue weighted by Gasteiger charge is -2.26. The summed E-state index contributed by atoms with van der Waals surface area (Å²) in [6, 6.07) is 9.41. The fourth-order valence-corrected chi connectivity index (χ4v) is 3.85. The maximum atomic E-state index is 13.0. The third-order valence-electron chi connectivity index (χ3n) is 4.71. The number of carbonyl (C=O) groups is 2. The first-order valence-corrected chi connectivity index (χ1v) is 10.5. The molecule has 150 valence electrons. The number of carbonyl (C=O) groups excluding carboxylic acids is 2. The van der Waals surface area contributed by atoms with E-state index >= 15 is 0 Å². The van der Waals surface area contributed by atoms with Crippen molar-refractivity contribution in [1.82, 2.24) is 10.2 Å². The third kappa shape index (κ3) is 5.25. The minimum Gasteiger partial charge on any atom is -0.377 e. The predicted molar refractivity (Wildman–Crippen MR) is 115 cm³/mol. The molecule has 6 nitrogen and oxygen atoms in total. The highest BCUT2D eigenvalue weighted by atomic mass is 32.1. The molecular weight excluding hydrogens is 372 g/mol. The van der Waals surface area contributed by atoms with E-state index in [1.165, 1.54) is 24.2 Å². The number of benzene rings is 1. The Kier molecular flexibility index (Phi) is 6.57. The van der Waals surface area contributed by atoms with Gasteiger partial charge in [-0.05, 0) is 60.9 Å². The van der Waals surface area contributed by atoms with E-state index in [1.54, 1.807) is 0 Å². The average Bonchev–Trinajstić information content (AvgIpc) is 3.30. The Morgan fingerprint density at radius 1 is 1.21 bits per heavy atom. The summed E-state index contributed by atoms with van der Waals surface area (Å²) in [4.78, 5) is 29.7. The summed E-state index contributed by atoms with van der Waals surface area (Å²) in [5.74, 6) is 0.678. The monoisotopic (exact) mass is 400 g/mol. The lowest BCUT2D eigenvalue weighted by molar-refractivity contribution is 0.0740. The molecule has 1 aliphatic carbocycles. The van der Waals surface area contributed by atoms with Crippen LogP contribution in [0.15, 0.2) is 35.7 Å². The van der Waals surface area contributed by atoms with Gasteiger partial charge < -0.3 is 20.4 Å². The number of nitrogens with one attached hydrogen (secondary N) is 2. The first-order chi connectivity index (χ1) is 13.5. The zero-order valence-corrected chi connectivity index (χ0v) is 17.5. The normalized spacial score (nSPS) is 13.1. The van der Waals surface area contributed by atoms with E-state index < -0.39 is 0 Å². The summed E-state index contributed by atoms with van der Waals surface area (Å²) < 4.78 is 0. The Labute approximate surface area is 170 Å². The van der Waals surface area contributed by atoms with Gasteiger partial charge in [-0.3, -0.25) is 4.79 Å². The molecule has 0 spiro atoms. The fourth-order valence-electron chi connectivity index (χ4n) is 3.16. The topological polar surface area (TPSA) is 64.7 Å². The van der Waals surface area contributed by atoms with Crippen LogP contribution in [0.5, 0.6) is 0 Å². The maximum absolute atomic E-state index is 13.0. The van der Waals surface area contributed by atoms with Crippen molar-refractivity contribution in [1.29, 1.82) is 0 Å². The second kappa shape index (κ2) is 9.10. The molecule has 3 amide bonds. The molecule has 0 radical (unpaired) electrons. The van der Waals surface area contributed by atoms with Crippen LogP contribution >= 0.6 is 11.3 Å². The summed E-state index contributed by atoms with van der Waals surface area (Å²) in [6.07, 6.45) is 2.38. The van der Waals surface area contributed by atoms with Crippen molar-refractivity contribution in [2.45, 2.75) is 26.3 Å². The van der Waals surface area contributed by atoms with E-state index in [2.05, 4.69) is 10.6 Å². The van der Waals surface area contributed by atoms with Crippen LogP contribution < -0.4 is 15.5 Å². The quantitative estimate of drug-likeness (QED) is 0.704. The van der Waals surface area contributed by atoms with Crippen LogP contribution in [0, 0.1) is 5.92 Å². The highest BCUT2D eigenvalue weighted by molar-refractivity contribution is 7.12. The number of hydrogen-bond donors (Lipinski definition) is 2. The Morgan fingerprint density at radius 2 is 2.00 bits per heavy atom. The minimum atomic E-state index is -0.226. The first-order valence-electron chi connectivity index (χ1n) is 9.65. The van der Waals surface area contributed by atoms with Crippen LogP contribution in [-0.2, 0) is 6.54 Å². The van der Waals surface area contributed by atoms with E-state index in [0.29, 0.717) is 19.0 Å². The third-order valence-corrected chi connectivity index (χ3v) is 5.57. The van der Waals surface area contributed by atoms with E-state index in [4.69, 9.17) is 0 Å². The zero-order valence-electron chi connectivity index (χ0n) is 16.7. The number of amides is 3. The van der Waals surface area contributed by atoms with Crippen LogP contribution in [0.3, 0.4) is 0 Å². The van der Waals surface area contributed by atoms with Crippen molar-refractivity contribution >= 4 is 34.6 Å². The molecule has 1 saturated carbocycles. The van der Waals surface area contributed by atoms with Crippen LogP contribution in [0.1, 0.15) is 35.0 Å². The highest BCUT2D eigenvalue weighted by Crippen LogP contribution is 2.32. The molecule has 7 heteroatoms. The van der Waals surface area contributed by atoms with E-state index in [9.17, 15) is 9.59 Å². The van der Waals surface area contributed by atoms with Crippen LogP contribution in [0.4, 0.5) is 16.2 Å². The van der Waals surface area contributed by atoms with Crippen molar-refractivity contribution < 1.29 is 9.59 Å². The van der Waals surface area contributed by atoms with Gasteiger partial charge in [0.25, 0.3) is 5.91 Å². The van der Waals surface area contributed by atoms with Gasteiger partial charge in [0.1, 0.15) is 0 Å². The largest absolute Gasteiger partial charge is 0.377 e. The van der Waals surface area contributed by atoms with Gasteiger partial charge in [0.05, 0.1) is 4.88 Å². The van der Waals surface area contributed by atoms with Crippen molar-refractivity contribution in [2.24, 2.45) is 5.92 Å². The molecule has 3 rings (SSSR count). The van der Waals surface area contributed by atoms with E-state index in [0.717, 1.165) is 28.4 Å². The molecule has 1 aromatic carbocycles. The predicted octanol–water partition coefficient (Wildman–Crippen LogP) is 4.01. The van der Waals surface area contributed by atoms with Gasteiger partial charge in [-0.15, -0.1) is 11.3 Å². The lowest BCUT2D eigenvalue weighted by Crippen LogP contribution is -2.32. The smallest absolute Gasteiger partial charge is 0.319 e. The van der Waals surface area contributed by atoms with Crippen molar-refractivity contribution in [3.05, 3.63) is 46.2 Å². The summed E-state index contributed by atoms with van der Waals surface area (Å²) in [5, 5.41) is 7.54. The minimum absolute atomic E-state index is 0.0775. The SMILES string of the molecule is CCNC(=O)Nc1ccc(N(C)C)c(CN(CC2CC2)C(=O)c2cccs2)c1. The van der Waals surface area contributed by atoms with E-state index in [1.807, 2.05) is 66.5 Å². The van der Waals surface area contributed by atoms with Gasteiger partial charge in [0.2, 0.25) is 0 Å². The molecule has 2 aromatic rings. The summed E-state index contributed by atoms with van der Waals surface area (Å²) in [6.45, 7) is 3.74. The second-order valence-electron chi connectivity index (χ2n) is 7.33. The molecule has 0 unspecified atom stereocenters. The number of rotatable bonds is 8. The molecule has 2 N–H and O–H groups in total. The number of urea groups is 1. The van der Waals surface area contributed by atoms with Crippen LogP contribution in [0.2, 0.25) is 0 Å². The summed E-state index contributed by atoms with van der Waals surface area (Å²) in [5.41, 5.74) is 2.78. The van der Waals surface area contributed by atoms with Crippen molar-refractivity contribution in [3.63, 3.8) is 0 Å². The van der Waals surface area contributed by atoms with Gasteiger partial charge in [-0.1, -0.05) is 6.07 Å². The summed E-state index contributed by atoms with van der Waals surface area (Å²) in [7, 11) is 3.98. The summed E-state index contributed by atoms with van der Waals surface area (Å²) >= 11 is 1.48. The van der Waals surface area contributed by atoms with E-state index in [-0.39, 0.29) is 11.9 Å². The molecule has 1 aromatic heterocycles. The average molecular weight is 401 g/mol. The first kappa shape index (κ1) is 20.2. The highest BCUT2D eigenvalue weighted by Gasteiger charge is 2.28. The molecule has 0 atom stereocenters. The molecule has 0 aliphatic heterocycles. The number of nitrogens with zero attached hydrogens (tertiary/aromatic N) is 2. The Bertz CT molecular complexity index is 816. The molecule has 28 heavy (non-hydrogen) atoms. The maximum Gasteiger partial charge on any atom is 0.319 e. The second-order valence-corrected chi connectivity index (χ2v) is 8.28. The van der Waals surface area contributed by atoms with Gasteiger partial charge in [-0.25, -0.2) is 4.79 Å². The van der Waals surface area contributed by atoms with Crippen LogP contribution in [-0.4, -0.2) is 44.0 Å². The Balaban J connectivity index is 1.85. The number of hydrogen-bond acceptors (Lipinski definition) is 4. The fraction of sp³-hybridized carbons (Fsp3) is 0.429. The lowest BCUT2D eigenvalue weighted by atomic mass is 10.1. The van der Waals surface area contributed by atoms with Crippen molar-refractivity contribution in [2.75, 3.05) is 37.4 Å². The van der Waals surface area contributed by atoms with Gasteiger partial charge in [0.15, 0.2) is 0 Å². The number of thiophene rings is 1. The molecule has 1 aliphatic rings. The Hall–Kier alpha value is -2.54. The van der Waals surface area contributed by atoms with Gasteiger partial charge in [0, 0.05) is 45.1 Å².